The molecule has 1 heterocycles. The number of aryl methyl sites for hydroxylation is 1. The highest BCUT2D eigenvalue weighted by Gasteiger charge is 2.23. The van der Waals surface area contributed by atoms with Crippen LogP contribution in [0.2, 0.25) is 0 Å². The third kappa shape index (κ3) is 1.94. The fourth-order valence-corrected chi connectivity index (χ4v) is 2.90. The molecule has 86 valence electrons. The summed E-state index contributed by atoms with van der Waals surface area (Å²) in [6.45, 7) is 3.85. The van der Waals surface area contributed by atoms with E-state index in [1.807, 2.05) is 12.1 Å². The van der Waals surface area contributed by atoms with Gasteiger partial charge in [-0.15, -0.1) is 0 Å². The Morgan fingerprint density at radius 3 is 2.88 bits per heavy atom. The van der Waals surface area contributed by atoms with Crippen molar-refractivity contribution in [3.8, 4) is 5.75 Å². The molecule has 1 aromatic rings. The van der Waals surface area contributed by atoms with Crippen LogP contribution < -0.4 is 0 Å². The highest BCUT2D eigenvalue weighted by atomic mass is 16.3. The van der Waals surface area contributed by atoms with E-state index in [-0.39, 0.29) is 0 Å². The van der Waals surface area contributed by atoms with Crippen LogP contribution in [0.1, 0.15) is 24.0 Å². The Balaban J connectivity index is 1.69. The molecule has 2 heteroatoms. The number of aromatic hydroxyl groups is 1. The molecule has 1 N–H and O–H groups in total. The standard InChI is InChI=1S/C14H19NO/c16-14-5-4-12-3-2-11(8-13(12)9-14)10-15-6-1-7-15/h4-5,9,11,16H,1-3,6-8,10H2. The molecule has 1 aliphatic carbocycles. The first-order valence-corrected chi connectivity index (χ1v) is 6.34. The zero-order chi connectivity index (χ0) is 11.0. The fourth-order valence-electron chi connectivity index (χ4n) is 2.90. The second-order valence-electron chi connectivity index (χ2n) is 5.22. The molecule has 1 unspecified atom stereocenters. The lowest BCUT2D eigenvalue weighted by molar-refractivity contribution is 0.146. The van der Waals surface area contributed by atoms with Gasteiger partial charge in [-0.3, -0.25) is 0 Å². The van der Waals surface area contributed by atoms with Crippen LogP contribution in [0.25, 0.3) is 0 Å². The van der Waals surface area contributed by atoms with Crippen LogP contribution in [0, 0.1) is 5.92 Å². The molecule has 1 aliphatic heterocycles. The Kier molecular flexibility index (Phi) is 2.60. The molecule has 1 saturated heterocycles. The second-order valence-corrected chi connectivity index (χ2v) is 5.22. The van der Waals surface area contributed by atoms with Gasteiger partial charge < -0.3 is 10.0 Å². The zero-order valence-electron chi connectivity index (χ0n) is 9.65. The Labute approximate surface area is 96.9 Å². The van der Waals surface area contributed by atoms with Gasteiger partial charge in [0, 0.05) is 6.54 Å². The van der Waals surface area contributed by atoms with Gasteiger partial charge in [0.25, 0.3) is 0 Å². The van der Waals surface area contributed by atoms with Crippen molar-refractivity contribution >= 4 is 0 Å². The lowest BCUT2D eigenvalue weighted by atomic mass is 9.83. The minimum absolute atomic E-state index is 0.420. The number of rotatable bonds is 2. The smallest absolute Gasteiger partial charge is 0.115 e. The van der Waals surface area contributed by atoms with Gasteiger partial charge in [-0.1, -0.05) is 6.07 Å². The lowest BCUT2D eigenvalue weighted by Crippen LogP contribution is -2.41. The van der Waals surface area contributed by atoms with Gasteiger partial charge in [0.05, 0.1) is 0 Å². The third-order valence-corrected chi connectivity index (χ3v) is 3.99. The van der Waals surface area contributed by atoms with Crippen molar-refractivity contribution in [1.82, 2.24) is 4.90 Å². The number of fused-ring (bicyclic) bond motifs is 1. The number of phenolic OH excluding ortho intramolecular Hbond substituents is 1. The molecule has 2 nitrogen and oxygen atoms in total. The zero-order valence-corrected chi connectivity index (χ0v) is 9.65. The molecule has 1 fully saturated rings. The van der Waals surface area contributed by atoms with E-state index < -0.39 is 0 Å². The van der Waals surface area contributed by atoms with Crippen LogP contribution in [0.5, 0.6) is 5.75 Å². The number of phenols is 1. The first-order chi connectivity index (χ1) is 7.81. The summed E-state index contributed by atoms with van der Waals surface area (Å²) in [6, 6.07) is 5.86. The van der Waals surface area contributed by atoms with Crippen molar-refractivity contribution in [1.29, 1.82) is 0 Å². The van der Waals surface area contributed by atoms with Crippen molar-refractivity contribution in [2.75, 3.05) is 19.6 Å². The first kappa shape index (κ1) is 10.2. The van der Waals surface area contributed by atoms with E-state index in [9.17, 15) is 5.11 Å². The molecule has 0 amide bonds. The molecule has 0 aromatic heterocycles. The van der Waals surface area contributed by atoms with Crippen molar-refractivity contribution in [3.05, 3.63) is 29.3 Å². The Bertz CT molecular complexity index is 384. The summed E-state index contributed by atoms with van der Waals surface area (Å²) in [7, 11) is 0. The van der Waals surface area contributed by atoms with Crippen LogP contribution in [0.4, 0.5) is 0 Å². The van der Waals surface area contributed by atoms with Crippen molar-refractivity contribution in [2.24, 2.45) is 5.92 Å². The van der Waals surface area contributed by atoms with E-state index in [1.54, 1.807) is 0 Å². The number of nitrogens with zero attached hydrogens (tertiary/aromatic N) is 1. The Morgan fingerprint density at radius 1 is 1.25 bits per heavy atom. The van der Waals surface area contributed by atoms with Gasteiger partial charge in [-0.05, 0) is 68.0 Å². The maximum absolute atomic E-state index is 9.50. The number of likely N-dealkylation sites (tertiary alicyclic amines) is 1. The summed E-state index contributed by atoms with van der Waals surface area (Å²) in [5.41, 5.74) is 2.81. The molecule has 16 heavy (non-hydrogen) atoms. The summed E-state index contributed by atoms with van der Waals surface area (Å²) >= 11 is 0. The molecule has 3 rings (SSSR count). The van der Waals surface area contributed by atoms with E-state index in [4.69, 9.17) is 0 Å². The lowest BCUT2D eigenvalue weighted by Gasteiger charge is -2.36. The fraction of sp³-hybridized carbons (Fsp3) is 0.571. The Morgan fingerprint density at radius 2 is 2.12 bits per heavy atom. The average molecular weight is 217 g/mol. The quantitative estimate of drug-likeness (QED) is 0.821. The average Bonchev–Trinajstić information content (AvgIpc) is 2.23. The van der Waals surface area contributed by atoms with E-state index in [0.717, 1.165) is 12.3 Å². The van der Waals surface area contributed by atoms with Crippen molar-refractivity contribution in [3.63, 3.8) is 0 Å². The van der Waals surface area contributed by atoms with Gasteiger partial charge in [0.1, 0.15) is 5.75 Å². The number of hydrogen-bond donors (Lipinski definition) is 1. The summed E-state index contributed by atoms with van der Waals surface area (Å²) < 4.78 is 0. The summed E-state index contributed by atoms with van der Waals surface area (Å²) in [6.07, 6.45) is 5.03. The summed E-state index contributed by atoms with van der Waals surface area (Å²) in [5.74, 6) is 1.22. The maximum atomic E-state index is 9.50. The predicted octanol–water partition coefficient (Wildman–Crippen LogP) is 2.20. The highest BCUT2D eigenvalue weighted by molar-refractivity contribution is 5.36. The highest BCUT2D eigenvalue weighted by Crippen LogP contribution is 2.29. The second kappa shape index (κ2) is 4.10. The number of hydrogen-bond acceptors (Lipinski definition) is 2. The topological polar surface area (TPSA) is 23.5 Å². The summed E-state index contributed by atoms with van der Waals surface area (Å²) in [5, 5.41) is 9.50. The molecule has 1 aromatic carbocycles. The molecular formula is C14H19NO. The molecule has 0 bridgehead atoms. The molecule has 2 aliphatic rings. The third-order valence-electron chi connectivity index (χ3n) is 3.99. The Hall–Kier alpha value is -1.02. The van der Waals surface area contributed by atoms with Crippen molar-refractivity contribution in [2.45, 2.75) is 25.7 Å². The molecular weight excluding hydrogens is 198 g/mol. The minimum Gasteiger partial charge on any atom is -0.508 e. The van der Waals surface area contributed by atoms with Gasteiger partial charge >= 0.3 is 0 Å². The van der Waals surface area contributed by atoms with E-state index in [1.165, 1.54) is 50.0 Å². The largest absolute Gasteiger partial charge is 0.508 e. The molecule has 1 atom stereocenters. The van der Waals surface area contributed by atoms with E-state index >= 15 is 0 Å². The van der Waals surface area contributed by atoms with Gasteiger partial charge in [0.2, 0.25) is 0 Å². The van der Waals surface area contributed by atoms with Gasteiger partial charge in [-0.25, -0.2) is 0 Å². The van der Waals surface area contributed by atoms with Crippen LogP contribution >= 0.6 is 0 Å². The molecule has 0 spiro atoms. The minimum atomic E-state index is 0.420. The van der Waals surface area contributed by atoms with Crippen LogP contribution in [0.3, 0.4) is 0 Å². The van der Waals surface area contributed by atoms with E-state index in [2.05, 4.69) is 11.0 Å². The van der Waals surface area contributed by atoms with Crippen molar-refractivity contribution < 1.29 is 5.11 Å². The maximum Gasteiger partial charge on any atom is 0.115 e. The first-order valence-electron chi connectivity index (χ1n) is 6.34. The number of benzene rings is 1. The van der Waals surface area contributed by atoms with Gasteiger partial charge in [0.15, 0.2) is 0 Å². The summed E-state index contributed by atoms with van der Waals surface area (Å²) in [4.78, 5) is 2.55. The monoisotopic (exact) mass is 217 g/mol. The van der Waals surface area contributed by atoms with Crippen LogP contribution in [-0.2, 0) is 12.8 Å². The molecule has 0 radical (unpaired) electrons. The van der Waals surface area contributed by atoms with Gasteiger partial charge in [-0.2, -0.15) is 0 Å². The van der Waals surface area contributed by atoms with Crippen LogP contribution in [-0.4, -0.2) is 29.6 Å². The molecule has 0 saturated carbocycles. The van der Waals surface area contributed by atoms with E-state index in [0.29, 0.717) is 5.75 Å². The SMILES string of the molecule is Oc1ccc2c(c1)CC(CN1CCC1)CC2. The van der Waals surface area contributed by atoms with Crippen LogP contribution in [0.15, 0.2) is 18.2 Å². The predicted molar refractivity (Wildman–Crippen MR) is 64.7 cm³/mol. The normalized spacial score (nSPS) is 24.9.